The van der Waals surface area contributed by atoms with Crippen LogP contribution in [0.4, 0.5) is 0 Å². The highest BCUT2D eigenvalue weighted by molar-refractivity contribution is 5.78. The number of furan rings is 1. The minimum atomic E-state index is 0.662. The number of benzene rings is 2. The van der Waals surface area contributed by atoms with Crippen LogP contribution in [0.5, 0.6) is 0 Å². The molecule has 1 saturated carbocycles. The Hall–Kier alpha value is -2.85. The molecule has 0 N–H and O–H groups in total. The van der Waals surface area contributed by atoms with Crippen LogP contribution in [0.2, 0.25) is 0 Å². The summed E-state index contributed by atoms with van der Waals surface area (Å²) in [6.45, 7) is 1.54. The lowest BCUT2D eigenvalue weighted by Crippen LogP contribution is -1.97. The van der Waals surface area contributed by atoms with Crippen LogP contribution in [-0.4, -0.2) is 16.2 Å². The molecule has 0 spiro atoms. The lowest BCUT2D eigenvalue weighted by atomic mass is 10.1. The molecule has 0 radical (unpaired) electrons. The van der Waals surface area contributed by atoms with Gasteiger partial charge in [-0.15, -0.1) is 0 Å². The highest BCUT2D eigenvalue weighted by atomic mass is 16.5. The fourth-order valence-corrected chi connectivity index (χ4v) is 3.25. The van der Waals surface area contributed by atoms with E-state index in [1.807, 2.05) is 12.4 Å². The number of hydrogen-bond acceptors (Lipinski definition) is 3. The second-order valence-electron chi connectivity index (χ2n) is 6.96. The molecule has 4 aromatic rings. The third kappa shape index (κ3) is 3.04. The van der Waals surface area contributed by atoms with Crippen molar-refractivity contribution < 1.29 is 9.15 Å². The van der Waals surface area contributed by atoms with E-state index in [2.05, 4.69) is 52.0 Å². The van der Waals surface area contributed by atoms with Crippen LogP contribution in [0.25, 0.3) is 27.8 Å². The van der Waals surface area contributed by atoms with Crippen molar-refractivity contribution in [3.05, 3.63) is 72.9 Å². The van der Waals surface area contributed by atoms with Crippen molar-refractivity contribution in [3.8, 4) is 16.8 Å². The van der Waals surface area contributed by atoms with Gasteiger partial charge in [-0.2, -0.15) is 0 Å². The summed E-state index contributed by atoms with van der Waals surface area (Å²) in [6, 6.07) is 16.7. The summed E-state index contributed by atoms with van der Waals surface area (Å²) >= 11 is 0. The van der Waals surface area contributed by atoms with Gasteiger partial charge in [0.2, 0.25) is 0 Å². The largest absolute Gasteiger partial charge is 0.472 e. The molecule has 5 rings (SSSR count). The number of fused-ring (bicyclic) bond motifs is 1. The summed E-state index contributed by atoms with van der Waals surface area (Å²) in [5.74, 6) is 0.792. The first kappa shape index (κ1) is 15.4. The molecule has 1 fully saturated rings. The molecular formula is C22H20N2O2. The molecule has 0 amide bonds. The maximum absolute atomic E-state index is 5.80. The summed E-state index contributed by atoms with van der Waals surface area (Å²) < 4.78 is 13.1. The zero-order valence-electron chi connectivity index (χ0n) is 14.5. The minimum Gasteiger partial charge on any atom is -0.472 e. The standard InChI is InChI=1S/C22H20N2O2/c1-2-18(19-8-9-25-14-19)11-20(3-1)24-15-23-21-10-17(6-7-22(21)24)13-26-12-16-4-5-16/h1-3,6-11,14-16H,4-5,12-13H2. The van der Waals surface area contributed by atoms with Crippen LogP contribution in [0, 0.1) is 5.92 Å². The molecule has 4 nitrogen and oxygen atoms in total. The number of nitrogens with zero attached hydrogens (tertiary/aromatic N) is 2. The van der Waals surface area contributed by atoms with E-state index in [4.69, 9.17) is 9.15 Å². The first-order valence-corrected chi connectivity index (χ1v) is 9.03. The van der Waals surface area contributed by atoms with E-state index in [0.717, 1.165) is 40.4 Å². The fourth-order valence-electron chi connectivity index (χ4n) is 3.25. The summed E-state index contributed by atoms with van der Waals surface area (Å²) in [5, 5.41) is 0. The van der Waals surface area contributed by atoms with Gasteiger partial charge >= 0.3 is 0 Å². The highest BCUT2D eigenvalue weighted by Gasteiger charge is 2.21. The molecule has 0 bridgehead atoms. The molecule has 1 aliphatic rings. The van der Waals surface area contributed by atoms with Crippen molar-refractivity contribution >= 4 is 11.0 Å². The van der Waals surface area contributed by atoms with Gasteiger partial charge in [-0.1, -0.05) is 18.2 Å². The zero-order chi connectivity index (χ0) is 17.3. The normalized spacial score (nSPS) is 14.2. The molecule has 26 heavy (non-hydrogen) atoms. The second-order valence-corrected chi connectivity index (χ2v) is 6.96. The number of ether oxygens (including phenoxy) is 1. The molecular weight excluding hydrogens is 324 g/mol. The topological polar surface area (TPSA) is 40.2 Å². The Kier molecular flexibility index (Phi) is 3.83. The second kappa shape index (κ2) is 6.46. The SMILES string of the molecule is c1cc(-c2ccoc2)cc(-n2cnc3cc(COCC4CC4)ccc32)c1. The molecule has 130 valence electrons. The molecule has 2 aromatic carbocycles. The van der Waals surface area contributed by atoms with Gasteiger partial charge in [0.05, 0.1) is 30.2 Å². The molecule has 0 saturated heterocycles. The van der Waals surface area contributed by atoms with E-state index in [9.17, 15) is 0 Å². The van der Waals surface area contributed by atoms with Crippen LogP contribution >= 0.6 is 0 Å². The van der Waals surface area contributed by atoms with Crippen LogP contribution in [0.3, 0.4) is 0 Å². The molecule has 1 aliphatic carbocycles. The number of aromatic nitrogens is 2. The molecule has 2 aromatic heterocycles. The summed E-state index contributed by atoms with van der Waals surface area (Å²) in [6.07, 6.45) is 7.98. The van der Waals surface area contributed by atoms with Crippen LogP contribution in [0.1, 0.15) is 18.4 Å². The molecule has 0 atom stereocenters. The van der Waals surface area contributed by atoms with Crippen molar-refractivity contribution in [2.75, 3.05) is 6.61 Å². The van der Waals surface area contributed by atoms with E-state index < -0.39 is 0 Å². The molecule has 0 aliphatic heterocycles. The minimum absolute atomic E-state index is 0.662. The van der Waals surface area contributed by atoms with Gasteiger partial charge in [-0.05, 0) is 60.2 Å². The van der Waals surface area contributed by atoms with E-state index in [1.165, 1.54) is 18.4 Å². The predicted octanol–water partition coefficient (Wildman–Crippen LogP) is 5.21. The first-order chi connectivity index (χ1) is 12.9. The highest BCUT2D eigenvalue weighted by Crippen LogP contribution is 2.29. The maximum atomic E-state index is 5.80. The predicted molar refractivity (Wildman–Crippen MR) is 101 cm³/mol. The van der Waals surface area contributed by atoms with Crippen molar-refractivity contribution in [1.29, 1.82) is 0 Å². The Bertz CT molecular complexity index is 1030. The van der Waals surface area contributed by atoms with Crippen molar-refractivity contribution in [2.24, 2.45) is 5.92 Å². The summed E-state index contributed by atoms with van der Waals surface area (Å²) in [4.78, 5) is 4.59. The van der Waals surface area contributed by atoms with E-state index in [-0.39, 0.29) is 0 Å². The van der Waals surface area contributed by atoms with E-state index in [0.29, 0.717) is 6.61 Å². The van der Waals surface area contributed by atoms with Crippen molar-refractivity contribution in [3.63, 3.8) is 0 Å². The zero-order valence-corrected chi connectivity index (χ0v) is 14.5. The van der Waals surface area contributed by atoms with Gasteiger partial charge in [-0.3, -0.25) is 4.57 Å². The van der Waals surface area contributed by atoms with Crippen LogP contribution in [0.15, 0.2) is 71.8 Å². The van der Waals surface area contributed by atoms with Crippen molar-refractivity contribution in [1.82, 2.24) is 9.55 Å². The van der Waals surface area contributed by atoms with Crippen LogP contribution < -0.4 is 0 Å². The van der Waals surface area contributed by atoms with Crippen molar-refractivity contribution in [2.45, 2.75) is 19.4 Å². The number of rotatable bonds is 6. The quantitative estimate of drug-likeness (QED) is 0.482. The van der Waals surface area contributed by atoms with Gasteiger partial charge in [0, 0.05) is 17.9 Å². The van der Waals surface area contributed by atoms with Gasteiger partial charge in [0.25, 0.3) is 0 Å². The third-order valence-corrected chi connectivity index (χ3v) is 4.91. The Morgan fingerprint density at radius 2 is 2.04 bits per heavy atom. The van der Waals surface area contributed by atoms with Gasteiger partial charge in [0.1, 0.15) is 6.33 Å². The average molecular weight is 344 g/mol. The smallest absolute Gasteiger partial charge is 0.100 e. The Morgan fingerprint density at radius 3 is 2.88 bits per heavy atom. The summed E-state index contributed by atoms with van der Waals surface area (Å²) in [7, 11) is 0. The molecule has 0 unspecified atom stereocenters. The fraction of sp³-hybridized carbons (Fsp3) is 0.227. The van der Waals surface area contributed by atoms with Gasteiger partial charge in [0.15, 0.2) is 0 Å². The molecule has 4 heteroatoms. The number of imidazole rings is 1. The third-order valence-electron chi connectivity index (χ3n) is 4.91. The maximum Gasteiger partial charge on any atom is 0.100 e. The monoisotopic (exact) mass is 344 g/mol. The van der Waals surface area contributed by atoms with E-state index >= 15 is 0 Å². The summed E-state index contributed by atoms with van der Waals surface area (Å²) in [5.41, 5.74) is 6.56. The average Bonchev–Trinajstić information content (AvgIpc) is 3.18. The molecule has 2 heterocycles. The van der Waals surface area contributed by atoms with E-state index in [1.54, 1.807) is 12.5 Å². The Morgan fingerprint density at radius 1 is 1.08 bits per heavy atom. The lowest BCUT2D eigenvalue weighted by Gasteiger charge is -2.07. The Balaban J connectivity index is 1.43. The number of hydrogen-bond donors (Lipinski definition) is 0. The Labute approximate surface area is 152 Å². The van der Waals surface area contributed by atoms with Crippen LogP contribution in [-0.2, 0) is 11.3 Å². The van der Waals surface area contributed by atoms with Gasteiger partial charge < -0.3 is 9.15 Å². The first-order valence-electron chi connectivity index (χ1n) is 9.03. The van der Waals surface area contributed by atoms with Gasteiger partial charge in [-0.25, -0.2) is 4.98 Å². The lowest BCUT2D eigenvalue weighted by molar-refractivity contribution is 0.111.